The van der Waals surface area contributed by atoms with E-state index in [2.05, 4.69) is 0 Å². The fraction of sp³-hybridized carbons (Fsp3) is 1.00. The second-order valence-corrected chi connectivity index (χ2v) is 0.316. The van der Waals surface area contributed by atoms with Gasteiger partial charge in [-0.2, -0.15) is 0 Å². The van der Waals surface area contributed by atoms with Gasteiger partial charge in [0, 0.05) is 44.8 Å². The summed E-state index contributed by atoms with van der Waals surface area (Å²) in [6.45, 7) is 1.93. The van der Waals surface area contributed by atoms with Gasteiger partial charge < -0.3 is 5.11 Å². The van der Waals surface area contributed by atoms with Gasteiger partial charge in [-0.15, -0.1) is 12.4 Å². The van der Waals surface area contributed by atoms with Crippen LogP contribution in [0.15, 0.2) is 0 Å². The second-order valence-electron chi connectivity index (χ2n) is 0.316. The van der Waals surface area contributed by atoms with Crippen LogP contribution >= 0.6 is 12.4 Å². The number of aliphatic hydroxyl groups is 1. The van der Waals surface area contributed by atoms with Crippen LogP contribution in [0.2, 0.25) is 0 Å². The van der Waals surface area contributed by atoms with Gasteiger partial charge in [0.1, 0.15) is 0 Å². The maximum atomic E-state index is 7.57. The fourth-order valence-electron chi connectivity index (χ4n) is 0. The number of hydrogen-bond acceptors (Lipinski definition) is 1. The number of halogens is 1. The molecule has 0 saturated carbocycles. The first-order valence-corrected chi connectivity index (χ1v) is 1.02. The third kappa shape index (κ3) is 29.6. The largest absolute Gasteiger partial charge is 0.397 e. The molecule has 3 heteroatoms. The zero-order valence-electron chi connectivity index (χ0n) is 2.88. The van der Waals surface area contributed by atoms with Crippen molar-refractivity contribution in [1.29, 1.82) is 0 Å². The molecule has 0 atom stereocenters. The average Bonchev–Trinajstić information content (AvgIpc) is 0.918. The third-order valence-corrected chi connectivity index (χ3v) is 0. The van der Waals surface area contributed by atoms with Gasteiger partial charge in [0.25, 0.3) is 0 Å². The van der Waals surface area contributed by atoms with E-state index >= 15 is 0 Å². The van der Waals surface area contributed by atoms with E-state index in [-0.39, 0.29) is 57.2 Å². The first-order valence-electron chi connectivity index (χ1n) is 1.02. The molecular weight excluding hydrogens is 238 g/mol. The Labute approximate surface area is 68.6 Å². The summed E-state index contributed by atoms with van der Waals surface area (Å²) in [7, 11) is 0. The summed E-state index contributed by atoms with van der Waals surface area (Å²) in [6.07, 6.45) is 0. The van der Waals surface area contributed by atoms with Crippen molar-refractivity contribution < 1.29 is 43.3 Å². The molecule has 38 valence electrons. The Kier molecular flexibility index (Phi) is 56.9. The van der Waals surface area contributed by atoms with Crippen LogP contribution in [0.1, 0.15) is 6.92 Å². The molecule has 0 amide bonds. The summed E-state index contributed by atoms with van der Waals surface area (Å²) in [5.74, 6) is 0. The van der Waals surface area contributed by atoms with Gasteiger partial charge in [-0.3, -0.25) is 0 Å². The van der Waals surface area contributed by atoms with Crippen LogP contribution in [0.5, 0.6) is 0 Å². The van der Waals surface area contributed by atoms with Crippen LogP contribution in [0, 0.1) is 38.2 Å². The predicted octanol–water partition coefficient (Wildman–Crippen LogP) is 0.420. The van der Waals surface area contributed by atoms with Gasteiger partial charge in [-0.25, -0.2) is 0 Å². The minimum Gasteiger partial charge on any atom is -0.397 e. The Hall–Kier alpha value is 1.52. The van der Waals surface area contributed by atoms with Crippen LogP contribution < -0.4 is 0 Å². The Morgan fingerprint density at radius 3 is 1.60 bits per heavy atom. The summed E-state index contributed by atoms with van der Waals surface area (Å²) >= 11 is 0. The van der Waals surface area contributed by atoms with Crippen LogP contribution in [0.4, 0.5) is 0 Å². The van der Waals surface area contributed by atoms with Crippen molar-refractivity contribution in [3.8, 4) is 0 Å². The summed E-state index contributed by atoms with van der Waals surface area (Å²) in [5, 5.41) is 7.57. The van der Waals surface area contributed by atoms with Crippen LogP contribution in [0.25, 0.3) is 0 Å². The Morgan fingerprint density at radius 1 is 1.60 bits per heavy atom. The predicted molar refractivity (Wildman–Crippen MR) is 20.0 cm³/mol. The molecule has 0 fully saturated rings. The quantitative estimate of drug-likeness (QED) is 0.655. The van der Waals surface area contributed by atoms with Crippen molar-refractivity contribution in [2.75, 3.05) is 6.61 Å². The molecule has 1 nitrogen and oxygen atoms in total. The fourth-order valence-corrected chi connectivity index (χ4v) is 0. The van der Waals surface area contributed by atoms with Gasteiger partial charge in [-0.1, -0.05) is 0 Å². The Morgan fingerprint density at radius 2 is 1.60 bits per heavy atom. The molecule has 0 aliphatic heterocycles. The second kappa shape index (κ2) is 17.8. The van der Waals surface area contributed by atoms with E-state index in [4.69, 9.17) is 5.11 Å². The van der Waals surface area contributed by atoms with E-state index in [0.29, 0.717) is 0 Å². The number of rotatable bonds is 0. The first kappa shape index (κ1) is 16.0. The van der Waals surface area contributed by atoms with Crippen LogP contribution in [-0.2, 0) is 0 Å². The SMILES string of the molecule is CCO.Cl.[Dy]. The van der Waals surface area contributed by atoms with Crippen LogP contribution in [-0.4, -0.2) is 11.7 Å². The minimum atomic E-state index is 0. The molecular formula is C2H7ClDyO. The maximum Gasteiger partial charge on any atom is 0.0402 e. The molecule has 0 saturated heterocycles. The third-order valence-electron chi connectivity index (χ3n) is 0. The summed E-state index contributed by atoms with van der Waals surface area (Å²) in [4.78, 5) is 0. The normalized spacial score (nSPS) is 3.60. The van der Waals surface area contributed by atoms with E-state index in [1.54, 1.807) is 6.92 Å². The van der Waals surface area contributed by atoms with E-state index in [1.165, 1.54) is 0 Å². The number of aliphatic hydroxyl groups excluding tert-OH is 1. The molecule has 0 unspecified atom stereocenters. The van der Waals surface area contributed by atoms with Gasteiger partial charge in [0.15, 0.2) is 0 Å². The van der Waals surface area contributed by atoms with Gasteiger partial charge >= 0.3 is 0 Å². The molecule has 1 N–H and O–H groups in total. The molecule has 0 heterocycles. The number of hydrogen-bond donors (Lipinski definition) is 1. The zero-order chi connectivity index (χ0) is 2.71. The molecule has 0 aliphatic rings. The Bertz CT molecular complexity index is 9.61. The molecule has 0 aliphatic carbocycles. The van der Waals surface area contributed by atoms with Crippen molar-refractivity contribution in [2.24, 2.45) is 0 Å². The molecule has 5 heavy (non-hydrogen) atoms. The van der Waals surface area contributed by atoms with E-state index in [1.807, 2.05) is 0 Å². The summed E-state index contributed by atoms with van der Waals surface area (Å²) in [5.41, 5.74) is 0. The minimum absolute atomic E-state index is 0. The maximum absolute atomic E-state index is 7.57. The molecule has 0 aromatic heterocycles. The summed E-state index contributed by atoms with van der Waals surface area (Å²) in [6, 6.07) is 0. The van der Waals surface area contributed by atoms with Crippen molar-refractivity contribution in [2.45, 2.75) is 6.92 Å². The van der Waals surface area contributed by atoms with E-state index in [0.717, 1.165) is 0 Å². The standard InChI is InChI=1S/C2H6O.ClH.Dy/c1-2-3;;/h3H,2H2,1H3;1H;. The van der Waals surface area contributed by atoms with Gasteiger partial charge in [0.05, 0.1) is 0 Å². The van der Waals surface area contributed by atoms with Crippen molar-refractivity contribution in [1.82, 2.24) is 0 Å². The molecule has 0 aromatic carbocycles. The van der Waals surface area contributed by atoms with Crippen LogP contribution in [0.3, 0.4) is 0 Å². The van der Waals surface area contributed by atoms with Gasteiger partial charge in [-0.05, 0) is 6.92 Å². The van der Waals surface area contributed by atoms with Gasteiger partial charge in [0.2, 0.25) is 0 Å². The summed E-state index contributed by atoms with van der Waals surface area (Å²) < 4.78 is 0. The molecule has 0 rings (SSSR count). The molecule has 0 spiro atoms. The first-order chi connectivity index (χ1) is 1.41. The van der Waals surface area contributed by atoms with E-state index in [9.17, 15) is 0 Å². The monoisotopic (exact) mass is 246 g/mol. The van der Waals surface area contributed by atoms with E-state index < -0.39 is 0 Å². The topological polar surface area (TPSA) is 20.2 Å². The van der Waals surface area contributed by atoms with Crippen molar-refractivity contribution in [3.63, 3.8) is 0 Å². The average molecular weight is 245 g/mol. The van der Waals surface area contributed by atoms with Crippen molar-refractivity contribution in [3.05, 3.63) is 0 Å². The molecule has 0 bridgehead atoms. The zero-order valence-corrected chi connectivity index (χ0v) is 5.72. The molecule has 0 aromatic rings. The van der Waals surface area contributed by atoms with Crippen molar-refractivity contribution >= 4 is 12.4 Å². The Balaban J connectivity index is -0.0000000200. The smallest absolute Gasteiger partial charge is 0.0402 e. The molecule has 0 radical (unpaired) electrons.